The van der Waals surface area contributed by atoms with Crippen LogP contribution >= 0.6 is 10.8 Å². The number of hydrogen-bond donors (Lipinski definition) is 2. The number of carbonyl (C=O) groups is 1. The smallest absolute Gasteiger partial charge is 0.363 e. The molecule has 6 N–H and O–H groups in total. The first-order chi connectivity index (χ1) is 4.83. The molecule has 12 heavy (non-hydrogen) atoms. The van der Waals surface area contributed by atoms with E-state index in [4.69, 9.17) is 5.11 Å². The normalized spacial score (nSPS) is 13.2. The molecule has 1 atom stereocenters. The Morgan fingerprint density at radius 1 is 1.67 bits per heavy atom. The van der Waals surface area contributed by atoms with Crippen molar-refractivity contribution < 1.29 is 34.1 Å². The Bertz CT molecular complexity index is 235. The highest BCUT2D eigenvalue weighted by molar-refractivity contribution is 8.69. The molecule has 0 rings (SSSR count). The highest BCUT2D eigenvalue weighted by atomic mass is 33.1. The number of quaternary nitrogens is 1. The van der Waals surface area contributed by atoms with Gasteiger partial charge in [-0.05, 0) is 10.8 Å². The summed E-state index contributed by atoms with van der Waals surface area (Å²) >= 11 is 0. The van der Waals surface area contributed by atoms with E-state index in [1.165, 1.54) is 0 Å². The van der Waals surface area contributed by atoms with Crippen LogP contribution in [-0.4, -0.2) is 41.3 Å². The Labute approximate surface area is 72.4 Å². The van der Waals surface area contributed by atoms with Gasteiger partial charge in [0.05, 0.1) is 5.75 Å². The molecule has 0 aromatic carbocycles. The van der Waals surface area contributed by atoms with Crippen molar-refractivity contribution >= 4 is 25.9 Å². The van der Waals surface area contributed by atoms with Gasteiger partial charge in [0, 0.05) is 0 Å². The van der Waals surface area contributed by atoms with Gasteiger partial charge in [-0.1, -0.05) is 0 Å². The fourth-order valence-corrected chi connectivity index (χ4v) is 1.70. The van der Waals surface area contributed by atoms with Crippen molar-refractivity contribution in [1.29, 1.82) is 0 Å². The molecule has 0 aliphatic heterocycles. The first-order valence-corrected chi connectivity index (χ1v) is 5.40. The summed E-state index contributed by atoms with van der Waals surface area (Å²) in [6, 6.07) is -1.07. The third-order valence-corrected chi connectivity index (χ3v) is 2.86. The van der Waals surface area contributed by atoms with E-state index < -0.39 is 21.2 Å². The number of hydrogen-bond acceptors (Lipinski definition) is 5. The van der Waals surface area contributed by atoms with E-state index in [1.807, 2.05) is 0 Å². The lowest BCUT2D eigenvalue weighted by atomic mass is 10.4. The molecule has 0 saturated heterocycles. The van der Waals surface area contributed by atoms with Crippen LogP contribution in [0, 0.1) is 0 Å². The van der Waals surface area contributed by atoms with Crippen LogP contribution < -0.4 is 5.73 Å². The van der Waals surface area contributed by atoms with Gasteiger partial charge in [-0.2, -0.15) is 0 Å². The zero-order valence-corrected chi connectivity index (χ0v) is 7.52. The van der Waals surface area contributed by atoms with Crippen molar-refractivity contribution in [1.82, 2.24) is 0 Å². The average Bonchev–Trinajstić information content (AvgIpc) is 1.80. The van der Waals surface area contributed by atoms with Crippen LogP contribution in [0.3, 0.4) is 0 Å². The molecule has 0 aromatic heterocycles. The quantitative estimate of drug-likeness (QED) is 0.380. The van der Waals surface area contributed by atoms with Crippen molar-refractivity contribution in [3.8, 4) is 0 Å². The van der Waals surface area contributed by atoms with E-state index in [9.17, 15) is 17.8 Å². The van der Waals surface area contributed by atoms with E-state index in [2.05, 4.69) is 5.73 Å². The SMILES string of the molecule is O.[NH3+]C(CSS(=O)(=O)[O-])C(=O)O. The lowest BCUT2D eigenvalue weighted by molar-refractivity contribution is -0.400. The first-order valence-electron chi connectivity index (χ1n) is 2.49. The summed E-state index contributed by atoms with van der Waals surface area (Å²) in [7, 11) is -4.35. The third kappa shape index (κ3) is 7.75. The molecule has 0 heterocycles. The molecule has 0 aliphatic carbocycles. The average molecular weight is 219 g/mol. The van der Waals surface area contributed by atoms with Gasteiger partial charge in [-0.25, -0.2) is 13.2 Å². The zero-order chi connectivity index (χ0) is 9.07. The summed E-state index contributed by atoms with van der Waals surface area (Å²) in [5.41, 5.74) is 3.12. The molecule has 0 saturated carbocycles. The van der Waals surface area contributed by atoms with Crippen LogP contribution in [0.4, 0.5) is 0 Å². The molecule has 0 bridgehead atoms. The lowest BCUT2D eigenvalue weighted by Gasteiger charge is -2.05. The van der Waals surface area contributed by atoms with Gasteiger partial charge < -0.3 is 20.9 Å². The minimum atomic E-state index is -4.39. The van der Waals surface area contributed by atoms with Crippen LogP contribution in [0.5, 0.6) is 0 Å². The maximum absolute atomic E-state index is 10.0. The van der Waals surface area contributed by atoms with E-state index in [0.717, 1.165) is 0 Å². The van der Waals surface area contributed by atoms with Crippen molar-refractivity contribution in [2.75, 3.05) is 5.75 Å². The molecule has 1 unspecified atom stereocenters. The second-order valence-corrected chi connectivity index (χ2v) is 5.05. The van der Waals surface area contributed by atoms with Crippen LogP contribution in [0.15, 0.2) is 0 Å². The number of carboxylic acid groups (broad SMARTS) is 1. The van der Waals surface area contributed by atoms with Crippen molar-refractivity contribution in [3.05, 3.63) is 0 Å². The summed E-state index contributed by atoms with van der Waals surface area (Å²) in [4.78, 5) is 10.0. The maximum Gasteiger partial charge on any atom is 0.363 e. The summed E-state index contributed by atoms with van der Waals surface area (Å²) in [5, 5.41) is 8.21. The highest BCUT2D eigenvalue weighted by Crippen LogP contribution is 2.08. The summed E-state index contributed by atoms with van der Waals surface area (Å²) in [5.74, 6) is -1.54. The second-order valence-electron chi connectivity index (χ2n) is 1.73. The molecule has 0 aliphatic rings. The highest BCUT2D eigenvalue weighted by Gasteiger charge is 2.16. The molecule has 7 nitrogen and oxygen atoms in total. The van der Waals surface area contributed by atoms with Gasteiger partial charge in [0.2, 0.25) is 0 Å². The van der Waals surface area contributed by atoms with Gasteiger partial charge in [-0.15, -0.1) is 0 Å². The Balaban J connectivity index is 0. The molecule has 0 fully saturated rings. The Morgan fingerprint density at radius 3 is 2.33 bits per heavy atom. The molecule has 9 heteroatoms. The first kappa shape index (κ1) is 14.2. The molecular formula is C3H9NO6S2. The zero-order valence-electron chi connectivity index (χ0n) is 5.89. The van der Waals surface area contributed by atoms with Gasteiger partial charge in [-0.3, -0.25) is 0 Å². The van der Waals surface area contributed by atoms with E-state index in [1.54, 1.807) is 0 Å². The number of aliphatic carboxylic acids is 1. The van der Waals surface area contributed by atoms with E-state index in [0.29, 0.717) is 0 Å². The molecule has 0 radical (unpaired) electrons. The van der Waals surface area contributed by atoms with Crippen molar-refractivity contribution in [3.63, 3.8) is 0 Å². The standard InChI is InChI=1S/C3H7NO5S2.H2O/c4-2(3(5)6)1-10-11(7,8)9;/h2H,1,4H2,(H,5,6)(H,7,8,9);1H2. The van der Waals surface area contributed by atoms with Crippen LogP contribution in [0.1, 0.15) is 0 Å². The fraction of sp³-hybridized carbons (Fsp3) is 0.667. The van der Waals surface area contributed by atoms with E-state index in [-0.39, 0.29) is 22.0 Å². The Hall–Kier alpha value is -0.350. The van der Waals surface area contributed by atoms with Crippen LogP contribution in [0.2, 0.25) is 0 Å². The monoisotopic (exact) mass is 219 g/mol. The Morgan fingerprint density at radius 2 is 2.08 bits per heavy atom. The maximum atomic E-state index is 10.0. The van der Waals surface area contributed by atoms with Gasteiger partial charge >= 0.3 is 5.97 Å². The predicted octanol–water partition coefficient (Wildman–Crippen LogP) is -2.95. The summed E-state index contributed by atoms with van der Waals surface area (Å²) in [6.07, 6.45) is 0. The fourth-order valence-electron chi connectivity index (χ4n) is 0.237. The lowest BCUT2D eigenvalue weighted by Crippen LogP contribution is -2.66. The number of rotatable bonds is 4. The van der Waals surface area contributed by atoms with Crippen LogP contribution in [0.25, 0.3) is 0 Å². The number of carboxylic acids is 1. The molecular weight excluding hydrogens is 210 g/mol. The predicted molar refractivity (Wildman–Crippen MR) is 40.1 cm³/mol. The third-order valence-electron chi connectivity index (χ3n) is 0.763. The topological polar surface area (TPSA) is 154 Å². The minimum Gasteiger partial charge on any atom is -0.739 e. The molecule has 0 amide bonds. The van der Waals surface area contributed by atoms with Gasteiger partial charge in [0.15, 0.2) is 6.04 Å². The van der Waals surface area contributed by atoms with Crippen molar-refractivity contribution in [2.45, 2.75) is 6.04 Å². The van der Waals surface area contributed by atoms with Crippen molar-refractivity contribution in [2.24, 2.45) is 0 Å². The summed E-state index contributed by atoms with van der Waals surface area (Å²) < 4.78 is 29.8. The second kappa shape index (κ2) is 5.32. The Kier molecular flexibility index (Phi) is 6.29. The van der Waals surface area contributed by atoms with Gasteiger partial charge in [0.25, 0.3) is 0 Å². The largest absolute Gasteiger partial charge is 0.739 e. The van der Waals surface area contributed by atoms with Crippen LogP contribution in [-0.2, 0) is 13.9 Å². The van der Waals surface area contributed by atoms with Gasteiger partial charge in [0.1, 0.15) is 9.15 Å². The summed E-state index contributed by atoms with van der Waals surface area (Å²) in [6.45, 7) is 0. The molecule has 0 spiro atoms. The van der Waals surface area contributed by atoms with E-state index >= 15 is 0 Å². The molecule has 0 aromatic rings. The minimum absolute atomic E-state index is 0. The molecule has 74 valence electrons.